The molecule has 0 unspecified atom stereocenters. The number of anilines is 1. The lowest BCUT2D eigenvalue weighted by Crippen LogP contribution is -2.36. The predicted molar refractivity (Wildman–Crippen MR) is 75.6 cm³/mol. The van der Waals surface area contributed by atoms with Crippen LogP contribution in [0.15, 0.2) is 24.3 Å². The molecule has 1 rings (SSSR count). The lowest BCUT2D eigenvalue weighted by molar-refractivity contribution is 0.0780. The first-order chi connectivity index (χ1) is 8.58. The lowest BCUT2D eigenvalue weighted by atomic mass is 10.2. The monoisotopic (exact) mass is 249 g/mol. The molecule has 2 N–H and O–H groups in total. The summed E-state index contributed by atoms with van der Waals surface area (Å²) < 4.78 is 0. The van der Waals surface area contributed by atoms with Crippen molar-refractivity contribution in [2.24, 2.45) is 0 Å². The van der Waals surface area contributed by atoms with Crippen molar-refractivity contribution < 1.29 is 4.79 Å². The van der Waals surface area contributed by atoms with Crippen LogP contribution in [0.4, 0.5) is 5.69 Å². The van der Waals surface area contributed by atoms with Crippen LogP contribution in [0, 0.1) is 0 Å². The molecule has 4 nitrogen and oxygen atoms in total. The Morgan fingerprint density at radius 1 is 1.11 bits per heavy atom. The zero-order valence-corrected chi connectivity index (χ0v) is 11.5. The highest BCUT2D eigenvalue weighted by atomic mass is 16.2. The van der Waals surface area contributed by atoms with Gasteiger partial charge in [-0.15, -0.1) is 0 Å². The van der Waals surface area contributed by atoms with E-state index in [0.29, 0.717) is 11.3 Å². The Morgan fingerprint density at radius 2 is 1.67 bits per heavy atom. The molecule has 0 aliphatic carbocycles. The highest BCUT2D eigenvalue weighted by Crippen LogP contribution is 2.07. The third-order valence-corrected chi connectivity index (χ3v) is 3.15. The van der Waals surface area contributed by atoms with Gasteiger partial charge in [0.1, 0.15) is 0 Å². The van der Waals surface area contributed by atoms with Gasteiger partial charge in [-0.1, -0.05) is 13.8 Å². The molecular weight excluding hydrogens is 226 g/mol. The molecule has 4 heteroatoms. The smallest absolute Gasteiger partial charge is 0.253 e. The summed E-state index contributed by atoms with van der Waals surface area (Å²) in [5.41, 5.74) is 6.97. The number of nitrogens with zero attached hydrogens (tertiary/aromatic N) is 2. The summed E-state index contributed by atoms with van der Waals surface area (Å²) in [7, 11) is 1.84. The van der Waals surface area contributed by atoms with Crippen LogP contribution in [-0.2, 0) is 0 Å². The molecule has 18 heavy (non-hydrogen) atoms. The van der Waals surface area contributed by atoms with E-state index in [9.17, 15) is 4.79 Å². The van der Waals surface area contributed by atoms with Crippen molar-refractivity contribution in [3.63, 3.8) is 0 Å². The Morgan fingerprint density at radius 3 is 2.17 bits per heavy atom. The van der Waals surface area contributed by atoms with Gasteiger partial charge in [-0.25, -0.2) is 0 Å². The standard InChI is InChI=1S/C14H23N3O/c1-4-17(5-2)11-10-16(3)14(18)12-6-8-13(15)9-7-12/h6-9H,4-5,10-11,15H2,1-3H3. The number of hydrogen-bond acceptors (Lipinski definition) is 3. The SMILES string of the molecule is CCN(CC)CCN(C)C(=O)c1ccc(N)cc1. The molecule has 0 aliphatic heterocycles. The molecule has 0 radical (unpaired) electrons. The molecule has 0 aromatic heterocycles. The van der Waals surface area contributed by atoms with E-state index in [1.165, 1.54) is 0 Å². The quantitative estimate of drug-likeness (QED) is 0.780. The van der Waals surface area contributed by atoms with Crippen LogP contribution in [0.25, 0.3) is 0 Å². The highest BCUT2D eigenvalue weighted by molar-refractivity contribution is 5.94. The number of carbonyl (C=O) groups is 1. The zero-order chi connectivity index (χ0) is 13.5. The summed E-state index contributed by atoms with van der Waals surface area (Å²) in [5.74, 6) is 0.0437. The number of rotatable bonds is 6. The third kappa shape index (κ3) is 4.04. The first-order valence-corrected chi connectivity index (χ1v) is 6.41. The second-order valence-electron chi connectivity index (χ2n) is 4.38. The Balaban J connectivity index is 2.53. The second-order valence-corrected chi connectivity index (χ2v) is 4.38. The van der Waals surface area contributed by atoms with Gasteiger partial charge in [0.05, 0.1) is 0 Å². The van der Waals surface area contributed by atoms with Crippen molar-refractivity contribution in [2.75, 3.05) is 39.0 Å². The van der Waals surface area contributed by atoms with E-state index >= 15 is 0 Å². The van der Waals surface area contributed by atoms with Crippen LogP contribution in [0.1, 0.15) is 24.2 Å². The van der Waals surface area contributed by atoms with Crippen molar-refractivity contribution in [1.82, 2.24) is 9.80 Å². The summed E-state index contributed by atoms with van der Waals surface area (Å²) >= 11 is 0. The van der Waals surface area contributed by atoms with Gasteiger partial charge in [0.15, 0.2) is 0 Å². The van der Waals surface area contributed by atoms with E-state index in [1.807, 2.05) is 7.05 Å². The molecule has 1 aromatic carbocycles. The Hall–Kier alpha value is -1.55. The molecule has 100 valence electrons. The number of nitrogen functional groups attached to an aromatic ring is 1. The maximum Gasteiger partial charge on any atom is 0.253 e. The van der Waals surface area contributed by atoms with E-state index in [2.05, 4.69) is 18.7 Å². The molecule has 0 saturated heterocycles. The number of amides is 1. The van der Waals surface area contributed by atoms with Crippen molar-refractivity contribution in [3.8, 4) is 0 Å². The maximum absolute atomic E-state index is 12.1. The zero-order valence-electron chi connectivity index (χ0n) is 11.5. The van der Waals surface area contributed by atoms with Crippen LogP contribution in [-0.4, -0.2) is 48.9 Å². The summed E-state index contributed by atoms with van der Waals surface area (Å²) in [6.45, 7) is 7.94. The van der Waals surface area contributed by atoms with E-state index in [0.717, 1.165) is 26.2 Å². The molecule has 0 bridgehead atoms. The van der Waals surface area contributed by atoms with Gasteiger partial charge in [-0.3, -0.25) is 4.79 Å². The van der Waals surface area contributed by atoms with E-state index in [-0.39, 0.29) is 5.91 Å². The first kappa shape index (κ1) is 14.5. The topological polar surface area (TPSA) is 49.6 Å². The van der Waals surface area contributed by atoms with Crippen molar-refractivity contribution in [3.05, 3.63) is 29.8 Å². The van der Waals surface area contributed by atoms with Gasteiger partial charge >= 0.3 is 0 Å². The second kappa shape index (κ2) is 7.01. The van der Waals surface area contributed by atoms with Crippen molar-refractivity contribution >= 4 is 11.6 Å². The van der Waals surface area contributed by atoms with E-state index < -0.39 is 0 Å². The molecule has 0 fully saturated rings. The molecule has 0 saturated carbocycles. The fraction of sp³-hybridized carbons (Fsp3) is 0.500. The maximum atomic E-state index is 12.1. The van der Waals surface area contributed by atoms with Gasteiger partial charge in [-0.05, 0) is 37.4 Å². The highest BCUT2D eigenvalue weighted by Gasteiger charge is 2.11. The fourth-order valence-corrected chi connectivity index (χ4v) is 1.78. The summed E-state index contributed by atoms with van der Waals surface area (Å²) in [5, 5.41) is 0. The molecular formula is C14H23N3O. The van der Waals surface area contributed by atoms with Crippen molar-refractivity contribution in [1.29, 1.82) is 0 Å². The van der Waals surface area contributed by atoms with E-state index in [1.54, 1.807) is 29.2 Å². The molecule has 0 spiro atoms. The van der Waals surface area contributed by atoms with E-state index in [4.69, 9.17) is 5.73 Å². The van der Waals surface area contributed by atoms with Gasteiger partial charge in [0.2, 0.25) is 0 Å². The molecule has 0 aliphatic rings. The number of hydrogen-bond donors (Lipinski definition) is 1. The number of likely N-dealkylation sites (N-methyl/N-ethyl adjacent to an activating group) is 2. The number of carbonyl (C=O) groups excluding carboxylic acids is 1. The molecule has 0 atom stereocenters. The van der Waals surface area contributed by atoms with Crippen LogP contribution < -0.4 is 5.73 Å². The van der Waals surface area contributed by atoms with Gasteiger partial charge in [-0.2, -0.15) is 0 Å². The van der Waals surface area contributed by atoms with Crippen LogP contribution in [0.5, 0.6) is 0 Å². The summed E-state index contributed by atoms with van der Waals surface area (Å²) in [4.78, 5) is 16.2. The normalized spacial score (nSPS) is 10.7. The summed E-state index contributed by atoms with van der Waals surface area (Å²) in [6, 6.07) is 7.05. The van der Waals surface area contributed by atoms with Crippen LogP contribution >= 0.6 is 0 Å². The predicted octanol–water partition coefficient (Wildman–Crippen LogP) is 1.68. The minimum absolute atomic E-state index is 0.0437. The van der Waals surface area contributed by atoms with Gasteiger partial charge < -0.3 is 15.5 Å². The Kier molecular flexibility index (Phi) is 5.65. The summed E-state index contributed by atoms with van der Waals surface area (Å²) in [6.07, 6.45) is 0. The minimum Gasteiger partial charge on any atom is -0.399 e. The van der Waals surface area contributed by atoms with Gasteiger partial charge in [0, 0.05) is 31.4 Å². The van der Waals surface area contributed by atoms with Crippen LogP contribution in [0.3, 0.4) is 0 Å². The molecule has 1 aromatic rings. The lowest BCUT2D eigenvalue weighted by Gasteiger charge is -2.23. The minimum atomic E-state index is 0.0437. The number of nitrogens with two attached hydrogens (primary N) is 1. The fourth-order valence-electron chi connectivity index (χ4n) is 1.78. The Bertz CT molecular complexity index is 371. The van der Waals surface area contributed by atoms with Crippen molar-refractivity contribution in [2.45, 2.75) is 13.8 Å². The average Bonchev–Trinajstić information content (AvgIpc) is 2.39. The first-order valence-electron chi connectivity index (χ1n) is 6.41. The molecule has 1 amide bonds. The largest absolute Gasteiger partial charge is 0.399 e. The Labute approximate surface area is 109 Å². The average molecular weight is 249 g/mol. The third-order valence-electron chi connectivity index (χ3n) is 3.15. The van der Waals surface area contributed by atoms with Gasteiger partial charge in [0.25, 0.3) is 5.91 Å². The number of benzene rings is 1. The van der Waals surface area contributed by atoms with Crippen LogP contribution in [0.2, 0.25) is 0 Å². The molecule has 0 heterocycles.